The molecule has 0 bridgehead atoms. The van der Waals surface area contributed by atoms with Crippen LogP contribution in [0.5, 0.6) is 0 Å². The summed E-state index contributed by atoms with van der Waals surface area (Å²) in [5, 5.41) is 3.41. The Morgan fingerprint density at radius 1 is 1.33 bits per heavy atom. The number of para-hydroxylation sites is 1. The van der Waals surface area contributed by atoms with Crippen LogP contribution in [0.3, 0.4) is 0 Å². The molecular weight excluding hydrogens is 224 g/mol. The molecule has 1 aromatic carbocycles. The predicted molar refractivity (Wildman–Crippen MR) is 73.4 cm³/mol. The van der Waals surface area contributed by atoms with Gasteiger partial charge in [-0.25, -0.2) is 0 Å². The van der Waals surface area contributed by atoms with Crippen LogP contribution in [0.4, 0.5) is 11.4 Å². The van der Waals surface area contributed by atoms with Crippen molar-refractivity contribution in [3.8, 4) is 0 Å². The van der Waals surface area contributed by atoms with Gasteiger partial charge in [0, 0.05) is 18.3 Å². The number of amidine groups is 1. The van der Waals surface area contributed by atoms with E-state index in [4.69, 9.17) is 10.7 Å². The molecule has 1 aromatic rings. The Hall–Kier alpha value is -2.23. The molecule has 0 radical (unpaired) electrons. The molecule has 0 saturated heterocycles. The van der Waals surface area contributed by atoms with E-state index in [1.54, 1.807) is 0 Å². The number of aliphatic imine (C=N–C) groups is 1. The first-order chi connectivity index (χ1) is 8.84. The molecule has 3 aliphatic rings. The van der Waals surface area contributed by atoms with Gasteiger partial charge in [-0.2, -0.15) is 0 Å². The number of nitrogens with one attached hydrogen (secondary N) is 1. The van der Waals surface area contributed by atoms with Gasteiger partial charge in [0.15, 0.2) is 0 Å². The lowest BCUT2D eigenvalue weighted by molar-refractivity contribution is 0.390. The molecule has 0 amide bonds. The smallest absolute Gasteiger partial charge is 0.128 e. The minimum absolute atomic E-state index is 0.265. The Labute approximate surface area is 105 Å². The van der Waals surface area contributed by atoms with Crippen molar-refractivity contribution in [3.05, 3.63) is 48.2 Å². The van der Waals surface area contributed by atoms with Gasteiger partial charge in [0.2, 0.25) is 0 Å². The summed E-state index contributed by atoms with van der Waals surface area (Å²) in [5.41, 5.74) is 9.17. The molecule has 90 valence electrons. The summed E-state index contributed by atoms with van der Waals surface area (Å²) in [6.07, 6.45) is 8.24. The number of allylic oxidation sites excluding steroid dienone is 2. The number of hydrogen-bond donors (Lipinski definition) is 2. The average Bonchev–Trinajstić information content (AvgIpc) is 2.77. The largest absolute Gasteiger partial charge is 0.397 e. The van der Waals surface area contributed by atoms with Crippen molar-refractivity contribution in [2.24, 2.45) is 4.99 Å². The van der Waals surface area contributed by atoms with Crippen molar-refractivity contribution in [3.63, 3.8) is 0 Å². The van der Waals surface area contributed by atoms with Gasteiger partial charge >= 0.3 is 0 Å². The predicted octanol–water partition coefficient (Wildman–Crippen LogP) is 1.90. The van der Waals surface area contributed by atoms with E-state index in [-0.39, 0.29) is 12.1 Å². The standard InChI is InChI=1S/C14H14N4/c15-10-5-3-4-9-13(10)16-8-11-14(9)18-7-2-1-6-12(18)17-11/h1-7,11,14,16H,8,15H2. The minimum Gasteiger partial charge on any atom is -0.397 e. The van der Waals surface area contributed by atoms with Gasteiger partial charge in [0.1, 0.15) is 5.84 Å². The zero-order valence-electron chi connectivity index (χ0n) is 9.88. The zero-order chi connectivity index (χ0) is 12.1. The first kappa shape index (κ1) is 9.76. The Bertz CT molecular complexity index is 600. The average molecular weight is 238 g/mol. The van der Waals surface area contributed by atoms with E-state index in [1.165, 1.54) is 5.56 Å². The van der Waals surface area contributed by atoms with Crippen LogP contribution in [0.15, 0.2) is 47.6 Å². The summed E-state index contributed by atoms with van der Waals surface area (Å²) in [4.78, 5) is 7.00. The van der Waals surface area contributed by atoms with Crippen molar-refractivity contribution in [1.82, 2.24) is 4.90 Å². The van der Waals surface area contributed by atoms with E-state index in [2.05, 4.69) is 34.6 Å². The Morgan fingerprint density at radius 3 is 3.22 bits per heavy atom. The molecule has 0 aromatic heterocycles. The number of rotatable bonds is 0. The molecule has 0 aliphatic carbocycles. The van der Waals surface area contributed by atoms with Crippen molar-refractivity contribution in [2.45, 2.75) is 12.1 Å². The van der Waals surface area contributed by atoms with Crippen LogP contribution in [0.2, 0.25) is 0 Å². The van der Waals surface area contributed by atoms with E-state index < -0.39 is 0 Å². The van der Waals surface area contributed by atoms with Gasteiger partial charge in [0.25, 0.3) is 0 Å². The third-order valence-corrected chi connectivity index (χ3v) is 3.77. The van der Waals surface area contributed by atoms with E-state index in [9.17, 15) is 0 Å². The number of hydrogen-bond acceptors (Lipinski definition) is 4. The SMILES string of the molecule is Nc1cccc2c1NCC1N=C3C=CC=CN3C21. The number of anilines is 2. The number of fused-ring (bicyclic) bond motifs is 5. The van der Waals surface area contributed by atoms with Gasteiger partial charge in [0.05, 0.1) is 23.5 Å². The van der Waals surface area contributed by atoms with Crippen LogP contribution in [0.25, 0.3) is 0 Å². The highest BCUT2D eigenvalue weighted by atomic mass is 15.3. The van der Waals surface area contributed by atoms with Crippen molar-refractivity contribution in [2.75, 3.05) is 17.6 Å². The Morgan fingerprint density at radius 2 is 2.28 bits per heavy atom. The van der Waals surface area contributed by atoms with Crippen LogP contribution in [0, 0.1) is 0 Å². The molecule has 0 fully saturated rings. The molecule has 2 unspecified atom stereocenters. The van der Waals surface area contributed by atoms with Crippen LogP contribution in [-0.4, -0.2) is 23.3 Å². The first-order valence-electron chi connectivity index (χ1n) is 6.18. The van der Waals surface area contributed by atoms with Crippen LogP contribution in [0.1, 0.15) is 11.6 Å². The summed E-state index contributed by atoms with van der Waals surface area (Å²) in [6.45, 7) is 0.841. The molecule has 3 N–H and O–H groups in total. The summed E-state index contributed by atoms with van der Waals surface area (Å²) in [5.74, 6) is 1.05. The van der Waals surface area contributed by atoms with Crippen molar-refractivity contribution >= 4 is 17.2 Å². The lowest BCUT2D eigenvalue weighted by Gasteiger charge is -2.34. The maximum atomic E-state index is 6.04. The van der Waals surface area contributed by atoms with Gasteiger partial charge in [-0.1, -0.05) is 18.2 Å². The molecule has 0 saturated carbocycles. The highest BCUT2D eigenvalue weighted by Crippen LogP contribution is 2.42. The topological polar surface area (TPSA) is 53.6 Å². The third kappa shape index (κ3) is 1.17. The fraction of sp³-hybridized carbons (Fsp3) is 0.214. The molecule has 2 atom stereocenters. The third-order valence-electron chi connectivity index (χ3n) is 3.77. The van der Waals surface area contributed by atoms with Crippen molar-refractivity contribution < 1.29 is 0 Å². The molecule has 4 rings (SSSR count). The summed E-state index contributed by atoms with van der Waals surface area (Å²) in [6, 6.07) is 6.64. The highest BCUT2D eigenvalue weighted by molar-refractivity contribution is 5.97. The molecule has 4 heteroatoms. The highest BCUT2D eigenvalue weighted by Gasteiger charge is 2.39. The second-order valence-electron chi connectivity index (χ2n) is 4.80. The Balaban J connectivity index is 1.86. The fourth-order valence-electron chi connectivity index (χ4n) is 2.98. The van der Waals surface area contributed by atoms with Crippen LogP contribution in [-0.2, 0) is 0 Å². The zero-order valence-corrected chi connectivity index (χ0v) is 9.88. The second kappa shape index (κ2) is 3.38. The summed E-state index contributed by atoms with van der Waals surface area (Å²) < 4.78 is 0. The van der Waals surface area contributed by atoms with Crippen LogP contribution < -0.4 is 11.1 Å². The van der Waals surface area contributed by atoms with Crippen molar-refractivity contribution in [1.29, 1.82) is 0 Å². The Kier molecular flexibility index (Phi) is 1.84. The monoisotopic (exact) mass is 238 g/mol. The maximum absolute atomic E-state index is 6.04. The number of nitrogen functional groups attached to an aromatic ring is 1. The van der Waals surface area contributed by atoms with Gasteiger partial charge < -0.3 is 16.0 Å². The lowest BCUT2D eigenvalue weighted by atomic mass is 9.93. The lowest BCUT2D eigenvalue weighted by Crippen LogP contribution is -2.36. The van der Waals surface area contributed by atoms with E-state index in [0.717, 1.165) is 23.8 Å². The molecule has 3 aliphatic heterocycles. The van der Waals surface area contributed by atoms with Gasteiger partial charge in [-0.15, -0.1) is 0 Å². The fourth-order valence-corrected chi connectivity index (χ4v) is 2.98. The van der Waals surface area contributed by atoms with E-state index >= 15 is 0 Å². The summed E-state index contributed by atoms with van der Waals surface area (Å²) >= 11 is 0. The van der Waals surface area contributed by atoms with Crippen LogP contribution >= 0.6 is 0 Å². The molecule has 4 nitrogen and oxygen atoms in total. The summed E-state index contributed by atoms with van der Waals surface area (Å²) in [7, 11) is 0. The molecule has 3 heterocycles. The van der Waals surface area contributed by atoms with E-state index in [1.807, 2.05) is 18.2 Å². The first-order valence-corrected chi connectivity index (χ1v) is 6.18. The normalized spacial score (nSPS) is 27.1. The maximum Gasteiger partial charge on any atom is 0.128 e. The van der Waals surface area contributed by atoms with Gasteiger partial charge in [-0.3, -0.25) is 4.99 Å². The second-order valence-corrected chi connectivity index (χ2v) is 4.80. The van der Waals surface area contributed by atoms with E-state index in [0.29, 0.717) is 0 Å². The van der Waals surface area contributed by atoms with Gasteiger partial charge in [-0.05, 0) is 18.2 Å². The minimum atomic E-state index is 0.265. The number of nitrogens with two attached hydrogens (primary N) is 1. The molecule has 0 spiro atoms. The molecule has 18 heavy (non-hydrogen) atoms. The quantitative estimate of drug-likeness (QED) is 0.679. The number of nitrogens with zero attached hydrogens (tertiary/aromatic N) is 2. The number of benzene rings is 1. The molecular formula is C14H14N4.